The summed E-state index contributed by atoms with van der Waals surface area (Å²) in [7, 11) is 2.17. The van der Waals surface area contributed by atoms with Gasteiger partial charge in [-0.05, 0) is 38.6 Å². The quantitative estimate of drug-likeness (QED) is 0.682. The van der Waals surface area contributed by atoms with Gasteiger partial charge in [-0.25, -0.2) is 0 Å². The van der Waals surface area contributed by atoms with Crippen LogP contribution in [-0.4, -0.2) is 37.7 Å². The highest BCUT2D eigenvalue weighted by atomic mass is 16.5. The number of furan rings is 1. The van der Waals surface area contributed by atoms with Crippen LogP contribution >= 0.6 is 0 Å². The third kappa shape index (κ3) is 4.44. The molecule has 0 atom stereocenters. The Kier molecular flexibility index (Phi) is 5.23. The summed E-state index contributed by atoms with van der Waals surface area (Å²) in [6.45, 7) is 6.20. The van der Waals surface area contributed by atoms with Gasteiger partial charge in [0.05, 0.1) is 13.2 Å². The zero-order valence-corrected chi connectivity index (χ0v) is 11.4. The van der Waals surface area contributed by atoms with Crippen molar-refractivity contribution in [3.05, 3.63) is 23.7 Å². The Labute approximate surface area is 109 Å². The average molecular weight is 252 g/mol. The van der Waals surface area contributed by atoms with Gasteiger partial charge in [0.1, 0.15) is 18.1 Å². The molecule has 1 heterocycles. The number of ether oxygens (including phenoxy) is 1. The van der Waals surface area contributed by atoms with Crippen LogP contribution < -0.4 is 5.32 Å². The van der Waals surface area contributed by atoms with Crippen LogP contribution in [0.3, 0.4) is 0 Å². The van der Waals surface area contributed by atoms with Gasteiger partial charge in [-0.15, -0.1) is 0 Å². The Balaban J connectivity index is 1.59. The molecule has 0 spiro atoms. The fraction of sp³-hybridized carbons (Fsp3) is 0.714. The summed E-state index contributed by atoms with van der Waals surface area (Å²) in [5, 5.41) is 3.24. The molecule has 1 aromatic rings. The van der Waals surface area contributed by atoms with Crippen LogP contribution in [0.1, 0.15) is 31.3 Å². The van der Waals surface area contributed by atoms with E-state index in [4.69, 9.17) is 9.15 Å². The fourth-order valence-electron chi connectivity index (χ4n) is 1.92. The molecule has 0 bridgehead atoms. The molecular weight excluding hydrogens is 228 g/mol. The first-order valence-corrected chi connectivity index (χ1v) is 6.86. The van der Waals surface area contributed by atoms with Crippen molar-refractivity contribution in [3.8, 4) is 0 Å². The molecule has 1 saturated carbocycles. The molecule has 0 unspecified atom stereocenters. The third-order valence-corrected chi connectivity index (χ3v) is 3.27. The molecule has 0 aromatic carbocycles. The summed E-state index contributed by atoms with van der Waals surface area (Å²) >= 11 is 0. The Bertz CT molecular complexity index is 347. The molecule has 4 nitrogen and oxygen atoms in total. The van der Waals surface area contributed by atoms with Crippen LogP contribution in [0.15, 0.2) is 16.5 Å². The largest absolute Gasteiger partial charge is 0.462 e. The predicted octanol–water partition coefficient (Wildman–Crippen LogP) is 2.00. The number of hydrogen-bond acceptors (Lipinski definition) is 4. The first kappa shape index (κ1) is 13.6. The van der Waals surface area contributed by atoms with Gasteiger partial charge in [0.2, 0.25) is 0 Å². The average Bonchev–Trinajstić information content (AvgIpc) is 3.13. The second-order valence-corrected chi connectivity index (χ2v) is 4.91. The SMILES string of the molecule is CCNCc1ccc(COCCN(C)C2CC2)o1. The lowest BCUT2D eigenvalue weighted by molar-refractivity contribution is 0.0855. The van der Waals surface area contributed by atoms with Crippen LogP contribution in [0, 0.1) is 0 Å². The lowest BCUT2D eigenvalue weighted by atomic mass is 10.4. The number of hydrogen-bond donors (Lipinski definition) is 1. The maximum absolute atomic E-state index is 5.65. The van der Waals surface area contributed by atoms with E-state index >= 15 is 0 Å². The van der Waals surface area contributed by atoms with Crippen LogP contribution in [-0.2, 0) is 17.9 Å². The van der Waals surface area contributed by atoms with Gasteiger partial charge in [-0.2, -0.15) is 0 Å². The van der Waals surface area contributed by atoms with E-state index in [9.17, 15) is 0 Å². The van der Waals surface area contributed by atoms with Gasteiger partial charge in [0.15, 0.2) is 0 Å². The van der Waals surface area contributed by atoms with Gasteiger partial charge in [0.25, 0.3) is 0 Å². The minimum atomic E-state index is 0.574. The van der Waals surface area contributed by atoms with Crippen molar-refractivity contribution in [2.24, 2.45) is 0 Å². The van der Waals surface area contributed by atoms with Gasteiger partial charge in [-0.3, -0.25) is 0 Å². The van der Waals surface area contributed by atoms with E-state index in [0.29, 0.717) is 6.61 Å². The Hall–Kier alpha value is -0.840. The second-order valence-electron chi connectivity index (χ2n) is 4.91. The standard InChI is InChI=1S/C14H24N2O2/c1-3-15-10-13-6-7-14(18-13)11-17-9-8-16(2)12-4-5-12/h6-7,12,15H,3-5,8-11H2,1-2H3. The fourth-order valence-corrected chi connectivity index (χ4v) is 1.92. The maximum Gasteiger partial charge on any atom is 0.129 e. The summed E-state index contributed by atoms with van der Waals surface area (Å²) in [5.41, 5.74) is 0. The molecule has 1 N–H and O–H groups in total. The van der Waals surface area contributed by atoms with Crippen LogP contribution in [0.25, 0.3) is 0 Å². The summed E-state index contributed by atoms with van der Waals surface area (Å²) in [4.78, 5) is 2.37. The zero-order valence-electron chi connectivity index (χ0n) is 11.4. The summed E-state index contributed by atoms with van der Waals surface area (Å²) in [6, 6.07) is 4.82. The third-order valence-electron chi connectivity index (χ3n) is 3.27. The van der Waals surface area contributed by atoms with Crippen molar-refractivity contribution in [2.45, 2.75) is 39.0 Å². The number of nitrogens with zero attached hydrogens (tertiary/aromatic N) is 1. The molecule has 0 aliphatic heterocycles. The Morgan fingerprint density at radius 1 is 1.39 bits per heavy atom. The molecule has 18 heavy (non-hydrogen) atoms. The molecule has 0 amide bonds. The molecule has 1 aromatic heterocycles. The molecule has 4 heteroatoms. The van der Waals surface area contributed by atoms with Crippen molar-refractivity contribution in [2.75, 3.05) is 26.7 Å². The molecule has 0 radical (unpaired) electrons. The Morgan fingerprint density at radius 2 is 2.17 bits per heavy atom. The molecule has 1 fully saturated rings. The number of nitrogens with one attached hydrogen (secondary N) is 1. The summed E-state index contributed by atoms with van der Waals surface area (Å²) in [6.07, 6.45) is 2.70. The maximum atomic E-state index is 5.65. The van der Waals surface area contributed by atoms with E-state index in [1.165, 1.54) is 12.8 Å². The predicted molar refractivity (Wildman–Crippen MR) is 71.4 cm³/mol. The van der Waals surface area contributed by atoms with Gasteiger partial charge in [-0.1, -0.05) is 6.92 Å². The molecule has 102 valence electrons. The van der Waals surface area contributed by atoms with Crippen molar-refractivity contribution in [1.29, 1.82) is 0 Å². The second kappa shape index (κ2) is 6.92. The monoisotopic (exact) mass is 252 g/mol. The first-order valence-electron chi connectivity index (χ1n) is 6.86. The highest BCUT2D eigenvalue weighted by Crippen LogP contribution is 2.24. The number of likely N-dealkylation sites (N-methyl/N-ethyl adjacent to an activating group) is 1. The minimum absolute atomic E-state index is 0.574. The molecule has 1 aliphatic carbocycles. The van der Waals surface area contributed by atoms with Crippen molar-refractivity contribution < 1.29 is 9.15 Å². The van der Waals surface area contributed by atoms with E-state index in [1.807, 2.05) is 12.1 Å². The molecule has 1 aliphatic rings. The topological polar surface area (TPSA) is 37.6 Å². The highest BCUT2D eigenvalue weighted by molar-refractivity contribution is 5.06. The van der Waals surface area contributed by atoms with Crippen molar-refractivity contribution in [3.63, 3.8) is 0 Å². The van der Waals surface area contributed by atoms with E-state index in [0.717, 1.165) is 43.8 Å². The summed E-state index contributed by atoms with van der Waals surface area (Å²) in [5.74, 6) is 1.89. The molecular formula is C14H24N2O2. The molecule has 0 saturated heterocycles. The lowest BCUT2D eigenvalue weighted by Crippen LogP contribution is -2.25. The van der Waals surface area contributed by atoms with Crippen molar-refractivity contribution >= 4 is 0 Å². The van der Waals surface area contributed by atoms with E-state index in [2.05, 4.69) is 24.2 Å². The number of rotatable bonds is 9. The van der Waals surface area contributed by atoms with E-state index < -0.39 is 0 Å². The smallest absolute Gasteiger partial charge is 0.129 e. The normalized spacial score (nSPS) is 15.5. The van der Waals surface area contributed by atoms with E-state index in [1.54, 1.807) is 0 Å². The van der Waals surface area contributed by atoms with Gasteiger partial charge in [0, 0.05) is 12.6 Å². The highest BCUT2D eigenvalue weighted by Gasteiger charge is 2.25. The molecule has 2 rings (SSSR count). The van der Waals surface area contributed by atoms with Crippen LogP contribution in [0.4, 0.5) is 0 Å². The minimum Gasteiger partial charge on any atom is -0.462 e. The van der Waals surface area contributed by atoms with Crippen molar-refractivity contribution in [1.82, 2.24) is 10.2 Å². The van der Waals surface area contributed by atoms with Gasteiger partial charge >= 0.3 is 0 Å². The van der Waals surface area contributed by atoms with Crippen LogP contribution in [0.2, 0.25) is 0 Å². The van der Waals surface area contributed by atoms with E-state index in [-0.39, 0.29) is 0 Å². The zero-order chi connectivity index (χ0) is 12.8. The van der Waals surface area contributed by atoms with Crippen LogP contribution in [0.5, 0.6) is 0 Å². The summed E-state index contributed by atoms with van der Waals surface area (Å²) < 4.78 is 11.3. The Morgan fingerprint density at radius 3 is 2.89 bits per heavy atom. The first-order chi connectivity index (χ1) is 8.79. The lowest BCUT2D eigenvalue weighted by Gasteiger charge is -2.14. The van der Waals surface area contributed by atoms with Gasteiger partial charge < -0.3 is 19.4 Å².